The maximum absolute atomic E-state index is 11.6. The van der Waals surface area contributed by atoms with Crippen molar-refractivity contribution < 1.29 is 19.1 Å². The number of carbonyl (C=O) groups is 2. The number of nitrogens with zero attached hydrogens (tertiary/aromatic N) is 2. The summed E-state index contributed by atoms with van der Waals surface area (Å²) in [4.78, 5) is 22.3. The summed E-state index contributed by atoms with van der Waals surface area (Å²) < 4.78 is 5.32. The van der Waals surface area contributed by atoms with Gasteiger partial charge in [-0.1, -0.05) is 0 Å². The summed E-state index contributed by atoms with van der Waals surface area (Å²) in [5.41, 5.74) is 0.00729. The lowest BCUT2D eigenvalue weighted by atomic mass is 10.1. The van der Waals surface area contributed by atoms with E-state index in [0.29, 0.717) is 5.76 Å². The second-order valence-corrected chi connectivity index (χ2v) is 3.82. The van der Waals surface area contributed by atoms with Crippen LogP contribution in [0.2, 0.25) is 0 Å². The fourth-order valence-corrected chi connectivity index (χ4v) is 1.60. The Morgan fingerprint density at radius 1 is 1.53 bits per heavy atom. The van der Waals surface area contributed by atoms with E-state index in [4.69, 9.17) is 9.52 Å². The monoisotopic (exact) mass is 236 g/mol. The van der Waals surface area contributed by atoms with Gasteiger partial charge >= 0.3 is 5.97 Å². The third-order valence-electron chi connectivity index (χ3n) is 2.45. The van der Waals surface area contributed by atoms with Gasteiger partial charge in [-0.2, -0.15) is 5.10 Å². The van der Waals surface area contributed by atoms with E-state index >= 15 is 0 Å². The van der Waals surface area contributed by atoms with Crippen molar-refractivity contribution in [3.63, 3.8) is 0 Å². The van der Waals surface area contributed by atoms with Crippen molar-refractivity contribution in [3.05, 3.63) is 23.7 Å². The van der Waals surface area contributed by atoms with E-state index in [-0.39, 0.29) is 31.0 Å². The van der Waals surface area contributed by atoms with Gasteiger partial charge < -0.3 is 9.52 Å². The van der Waals surface area contributed by atoms with Gasteiger partial charge in [0.15, 0.2) is 0 Å². The Morgan fingerprint density at radius 2 is 2.29 bits per heavy atom. The SMILES string of the molecule is Cc1ccc(CN2N=C(C(=O)O)CCC2=O)o1. The molecular weight excluding hydrogens is 224 g/mol. The van der Waals surface area contributed by atoms with Crippen LogP contribution in [0.15, 0.2) is 21.7 Å². The Balaban J connectivity index is 2.15. The number of hydrogen-bond acceptors (Lipinski definition) is 4. The number of rotatable bonds is 3. The maximum Gasteiger partial charge on any atom is 0.352 e. The van der Waals surface area contributed by atoms with Crippen LogP contribution in [0.5, 0.6) is 0 Å². The molecule has 1 aliphatic rings. The first-order valence-electron chi connectivity index (χ1n) is 5.22. The van der Waals surface area contributed by atoms with Crippen LogP contribution in [0, 0.1) is 6.92 Å². The van der Waals surface area contributed by atoms with Gasteiger partial charge in [0.2, 0.25) is 5.91 Å². The molecule has 0 atom stereocenters. The van der Waals surface area contributed by atoms with Crippen LogP contribution in [0.1, 0.15) is 24.4 Å². The first kappa shape index (κ1) is 11.4. The fraction of sp³-hybridized carbons (Fsp3) is 0.364. The van der Waals surface area contributed by atoms with Gasteiger partial charge in [-0.25, -0.2) is 9.80 Å². The summed E-state index contributed by atoms with van der Waals surface area (Å²) in [7, 11) is 0. The minimum atomic E-state index is -1.09. The molecule has 6 heteroatoms. The number of aliphatic carboxylic acids is 1. The van der Waals surface area contributed by atoms with E-state index in [2.05, 4.69) is 5.10 Å². The Kier molecular flexibility index (Phi) is 2.95. The lowest BCUT2D eigenvalue weighted by Crippen LogP contribution is -2.33. The second kappa shape index (κ2) is 4.40. The number of hydrogen-bond donors (Lipinski definition) is 1. The van der Waals surface area contributed by atoms with E-state index in [1.165, 1.54) is 0 Å². The zero-order valence-electron chi connectivity index (χ0n) is 9.34. The summed E-state index contributed by atoms with van der Waals surface area (Å²) in [6, 6.07) is 3.53. The zero-order chi connectivity index (χ0) is 12.4. The number of amides is 1. The molecule has 2 heterocycles. The van der Waals surface area contributed by atoms with Crippen molar-refractivity contribution in [2.75, 3.05) is 0 Å². The Bertz CT molecular complexity index is 489. The van der Waals surface area contributed by atoms with Crippen molar-refractivity contribution in [2.45, 2.75) is 26.3 Å². The van der Waals surface area contributed by atoms with E-state index in [1.807, 2.05) is 0 Å². The average Bonchev–Trinajstić information content (AvgIpc) is 2.67. The molecule has 0 bridgehead atoms. The number of furan rings is 1. The van der Waals surface area contributed by atoms with E-state index in [1.54, 1.807) is 19.1 Å². The molecule has 1 amide bonds. The summed E-state index contributed by atoms with van der Waals surface area (Å²) in [6.45, 7) is 1.97. The van der Waals surface area contributed by atoms with Gasteiger partial charge in [0.1, 0.15) is 23.8 Å². The lowest BCUT2D eigenvalue weighted by molar-refractivity contribution is -0.133. The van der Waals surface area contributed by atoms with E-state index in [0.717, 1.165) is 10.8 Å². The topological polar surface area (TPSA) is 83.1 Å². The van der Waals surface area contributed by atoms with Gasteiger partial charge in [-0.15, -0.1) is 0 Å². The molecule has 90 valence electrons. The lowest BCUT2D eigenvalue weighted by Gasteiger charge is -2.20. The summed E-state index contributed by atoms with van der Waals surface area (Å²) >= 11 is 0. The highest BCUT2D eigenvalue weighted by atomic mass is 16.4. The minimum Gasteiger partial charge on any atom is -0.477 e. The molecule has 6 nitrogen and oxygen atoms in total. The van der Waals surface area contributed by atoms with E-state index < -0.39 is 5.97 Å². The molecule has 0 saturated carbocycles. The van der Waals surface area contributed by atoms with Gasteiger partial charge in [-0.05, 0) is 19.1 Å². The maximum atomic E-state index is 11.6. The van der Waals surface area contributed by atoms with Crippen LogP contribution >= 0.6 is 0 Å². The van der Waals surface area contributed by atoms with Crippen LogP contribution < -0.4 is 0 Å². The fourth-order valence-electron chi connectivity index (χ4n) is 1.60. The molecule has 0 aliphatic carbocycles. The molecule has 1 aromatic rings. The number of hydrazone groups is 1. The third kappa shape index (κ3) is 2.52. The predicted molar refractivity (Wildman–Crippen MR) is 58.3 cm³/mol. The normalized spacial score (nSPS) is 15.9. The molecule has 1 aliphatic heterocycles. The largest absolute Gasteiger partial charge is 0.477 e. The third-order valence-corrected chi connectivity index (χ3v) is 2.45. The van der Waals surface area contributed by atoms with Gasteiger partial charge in [0.25, 0.3) is 0 Å². The van der Waals surface area contributed by atoms with Crippen LogP contribution in [0.3, 0.4) is 0 Å². The number of carbonyl (C=O) groups excluding carboxylic acids is 1. The molecule has 0 aromatic carbocycles. The highest BCUT2D eigenvalue weighted by Gasteiger charge is 2.24. The Hall–Kier alpha value is -2.11. The van der Waals surface area contributed by atoms with Crippen LogP contribution in [0.25, 0.3) is 0 Å². The standard InChI is InChI=1S/C11H12N2O4/c1-7-2-3-8(17-7)6-13-10(14)5-4-9(12-13)11(15)16/h2-3H,4-6H2,1H3,(H,15,16). The molecule has 0 unspecified atom stereocenters. The number of aryl methyl sites for hydroxylation is 1. The molecule has 0 spiro atoms. The second-order valence-electron chi connectivity index (χ2n) is 3.82. The number of carboxylic acids is 1. The molecule has 0 saturated heterocycles. The van der Waals surface area contributed by atoms with Crippen LogP contribution in [-0.4, -0.2) is 27.7 Å². The molecule has 17 heavy (non-hydrogen) atoms. The van der Waals surface area contributed by atoms with Crippen molar-refractivity contribution in [1.82, 2.24) is 5.01 Å². The van der Waals surface area contributed by atoms with Gasteiger partial charge in [0.05, 0.1) is 0 Å². The molecule has 2 rings (SSSR count). The molecule has 1 aromatic heterocycles. The molecule has 0 radical (unpaired) electrons. The summed E-state index contributed by atoms with van der Waals surface area (Å²) in [5.74, 6) is 0.0558. The van der Waals surface area contributed by atoms with Crippen molar-refractivity contribution in [3.8, 4) is 0 Å². The van der Waals surface area contributed by atoms with Gasteiger partial charge in [0, 0.05) is 12.8 Å². The highest BCUT2D eigenvalue weighted by molar-refractivity contribution is 6.36. The first-order valence-corrected chi connectivity index (χ1v) is 5.22. The quantitative estimate of drug-likeness (QED) is 0.853. The summed E-state index contributed by atoms with van der Waals surface area (Å²) in [5, 5.41) is 13.8. The minimum absolute atomic E-state index is 0.00729. The Labute approximate surface area is 97.5 Å². The molecule has 1 N–H and O–H groups in total. The van der Waals surface area contributed by atoms with E-state index in [9.17, 15) is 9.59 Å². The molecular formula is C11H12N2O4. The van der Waals surface area contributed by atoms with Gasteiger partial charge in [-0.3, -0.25) is 4.79 Å². The van der Waals surface area contributed by atoms with Crippen molar-refractivity contribution in [1.29, 1.82) is 0 Å². The van der Waals surface area contributed by atoms with Crippen LogP contribution in [-0.2, 0) is 16.1 Å². The first-order chi connectivity index (χ1) is 8.06. The van der Waals surface area contributed by atoms with Crippen LogP contribution in [0.4, 0.5) is 0 Å². The molecule has 0 fully saturated rings. The average molecular weight is 236 g/mol. The van der Waals surface area contributed by atoms with Crippen molar-refractivity contribution in [2.24, 2.45) is 5.10 Å². The predicted octanol–water partition coefficient (Wildman–Crippen LogP) is 1.15. The highest BCUT2D eigenvalue weighted by Crippen LogP contribution is 2.15. The Morgan fingerprint density at radius 3 is 2.88 bits per heavy atom. The smallest absolute Gasteiger partial charge is 0.352 e. The summed E-state index contributed by atoms with van der Waals surface area (Å²) in [6.07, 6.45) is 0.354. The van der Waals surface area contributed by atoms with Crippen molar-refractivity contribution >= 4 is 17.6 Å². The zero-order valence-corrected chi connectivity index (χ0v) is 9.34. The number of carboxylic acid groups (broad SMARTS) is 1.